The van der Waals surface area contributed by atoms with Gasteiger partial charge in [-0.2, -0.15) is 0 Å². The number of hydrogen-bond donors (Lipinski definition) is 3. The predicted octanol–water partition coefficient (Wildman–Crippen LogP) is 1.01. The number of nitrogens with one attached hydrogen (secondary N) is 3. The number of guanidine groups is 1. The van der Waals surface area contributed by atoms with E-state index in [0.29, 0.717) is 19.1 Å². The van der Waals surface area contributed by atoms with E-state index in [4.69, 9.17) is 0 Å². The second kappa shape index (κ2) is 8.78. The molecule has 1 saturated carbocycles. The Kier molecular flexibility index (Phi) is 7.22. The van der Waals surface area contributed by atoms with Gasteiger partial charge < -0.3 is 16.0 Å². The highest BCUT2D eigenvalue weighted by Crippen LogP contribution is 2.17. The fourth-order valence-corrected chi connectivity index (χ4v) is 2.16. The van der Waals surface area contributed by atoms with Crippen LogP contribution in [0.2, 0.25) is 0 Å². The Bertz CT molecular complexity index is 272. The van der Waals surface area contributed by atoms with Crippen molar-refractivity contribution in [3.05, 3.63) is 0 Å². The number of carbonyl (C=O) groups excluding carboxylic acids is 1. The molecule has 1 aliphatic carbocycles. The highest BCUT2D eigenvalue weighted by atomic mass is 16.1. The minimum Gasteiger partial charge on any atom is -0.357 e. The average Bonchev–Trinajstić information content (AvgIpc) is 2.36. The quantitative estimate of drug-likeness (QED) is 0.390. The molecule has 1 aliphatic rings. The maximum absolute atomic E-state index is 10.7. The van der Waals surface area contributed by atoms with Crippen LogP contribution in [-0.4, -0.2) is 37.5 Å². The summed E-state index contributed by atoms with van der Waals surface area (Å²) < 4.78 is 0. The third-order valence-electron chi connectivity index (χ3n) is 3.05. The molecule has 0 spiro atoms. The van der Waals surface area contributed by atoms with Gasteiger partial charge in [0.15, 0.2) is 5.96 Å². The minimum atomic E-state index is -0.00422. The lowest BCUT2D eigenvalue weighted by atomic mass is 9.96. The molecule has 0 radical (unpaired) electrons. The van der Waals surface area contributed by atoms with Gasteiger partial charge in [-0.25, -0.2) is 0 Å². The molecule has 1 rings (SSSR count). The van der Waals surface area contributed by atoms with E-state index in [9.17, 15) is 4.79 Å². The average molecular weight is 254 g/mol. The maximum atomic E-state index is 10.7. The van der Waals surface area contributed by atoms with Crippen molar-refractivity contribution in [1.82, 2.24) is 16.0 Å². The van der Waals surface area contributed by atoms with Crippen LogP contribution in [0.1, 0.15) is 46.0 Å². The molecule has 0 aromatic rings. The van der Waals surface area contributed by atoms with Gasteiger partial charge in [0.25, 0.3) is 0 Å². The maximum Gasteiger partial charge on any atom is 0.216 e. The van der Waals surface area contributed by atoms with Crippen LogP contribution in [0.15, 0.2) is 4.99 Å². The van der Waals surface area contributed by atoms with Gasteiger partial charge in [-0.1, -0.05) is 19.3 Å². The summed E-state index contributed by atoms with van der Waals surface area (Å²) in [7, 11) is 0. The van der Waals surface area contributed by atoms with Crippen molar-refractivity contribution in [2.24, 2.45) is 4.99 Å². The molecule has 0 unspecified atom stereocenters. The van der Waals surface area contributed by atoms with Crippen LogP contribution in [0, 0.1) is 0 Å². The SMILES string of the molecule is CCNC(=NCCNC(C)=O)NC1CCCCC1. The molecule has 3 N–H and O–H groups in total. The van der Waals surface area contributed by atoms with Crippen molar-refractivity contribution >= 4 is 11.9 Å². The molecule has 5 nitrogen and oxygen atoms in total. The van der Waals surface area contributed by atoms with Gasteiger partial charge in [0.1, 0.15) is 0 Å². The van der Waals surface area contributed by atoms with E-state index in [1.807, 2.05) is 0 Å². The molecular formula is C13H26N4O. The van der Waals surface area contributed by atoms with E-state index in [-0.39, 0.29) is 5.91 Å². The Balaban J connectivity index is 2.32. The van der Waals surface area contributed by atoms with Gasteiger partial charge in [0.2, 0.25) is 5.91 Å². The Morgan fingerprint density at radius 2 is 1.94 bits per heavy atom. The molecule has 0 saturated heterocycles. The van der Waals surface area contributed by atoms with Gasteiger partial charge in [-0.15, -0.1) is 0 Å². The van der Waals surface area contributed by atoms with Gasteiger partial charge >= 0.3 is 0 Å². The van der Waals surface area contributed by atoms with Crippen LogP contribution in [0.4, 0.5) is 0 Å². The van der Waals surface area contributed by atoms with Crippen LogP contribution in [-0.2, 0) is 4.79 Å². The van der Waals surface area contributed by atoms with E-state index in [1.54, 1.807) is 0 Å². The largest absolute Gasteiger partial charge is 0.357 e. The zero-order valence-corrected chi connectivity index (χ0v) is 11.6. The summed E-state index contributed by atoms with van der Waals surface area (Å²) in [5.74, 6) is 0.866. The first-order valence-corrected chi connectivity index (χ1v) is 7.01. The molecule has 5 heteroatoms. The monoisotopic (exact) mass is 254 g/mol. The molecule has 0 atom stereocenters. The van der Waals surface area contributed by atoms with Gasteiger partial charge in [0.05, 0.1) is 6.54 Å². The number of rotatable bonds is 5. The smallest absolute Gasteiger partial charge is 0.216 e. The Labute approximate surface area is 110 Å². The molecule has 1 fully saturated rings. The molecule has 0 aliphatic heterocycles. The van der Waals surface area contributed by atoms with Gasteiger partial charge in [0, 0.05) is 26.1 Å². The Morgan fingerprint density at radius 3 is 2.56 bits per heavy atom. The van der Waals surface area contributed by atoms with Crippen molar-refractivity contribution in [1.29, 1.82) is 0 Å². The summed E-state index contributed by atoms with van der Waals surface area (Å²) in [5, 5.41) is 9.46. The summed E-state index contributed by atoms with van der Waals surface area (Å²) in [6, 6.07) is 0.553. The number of aliphatic imine (C=N–C) groups is 1. The molecule has 18 heavy (non-hydrogen) atoms. The van der Waals surface area contributed by atoms with Crippen LogP contribution in [0.3, 0.4) is 0 Å². The number of amides is 1. The van der Waals surface area contributed by atoms with Crippen LogP contribution < -0.4 is 16.0 Å². The zero-order valence-electron chi connectivity index (χ0n) is 11.6. The molecule has 0 bridgehead atoms. The summed E-state index contributed by atoms with van der Waals surface area (Å²) in [6.45, 7) is 5.65. The summed E-state index contributed by atoms with van der Waals surface area (Å²) >= 11 is 0. The second-order valence-electron chi connectivity index (χ2n) is 4.72. The Morgan fingerprint density at radius 1 is 1.22 bits per heavy atom. The highest BCUT2D eigenvalue weighted by molar-refractivity contribution is 5.80. The van der Waals surface area contributed by atoms with E-state index >= 15 is 0 Å². The Hall–Kier alpha value is -1.26. The molecule has 0 aromatic heterocycles. The lowest BCUT2D eigenvalue weighted by molar-refractivity contribution is -0.118. The number of carbonyl (C=O) groups is 1. The molecular weight excluding hydrogens is 228 g/mol. The molecule has 0 heterocycles. The van der Waals surface area contributed by atoms with Crippen LogP contribution in [0.25, 0.3) is 0 Å². The minimum absolute atomic E-state index is 0.00422. The molecule has 1 amide bonds. The van der Waals surface area contributed by atoms with Gasteiger partial charge in [-0.3, -0.25) is 9.79 Å². The first-order valence-electron chi connectivity index (χ1n) is 7.01. The highest BCUT2D eigenvalue weighted by Gasteiger charge is 2.14. The summed E-state index contributed by atoms with van der Waals surface area (Å²) in [6.07, 6.45) is 6.44. The fraction of sp³-hybridized carbons (Fsp3) is 0.846. The lowest BCUT2D eigenvalue weighted by Gasteiger charge is -2.24. The first-order chi connectivity index (χ1) is 8.72. The zero-order chi connectivity index (χ0) is 13.2. The van der Waals surface area contributed by atoms with Crippen molar-refractivity contribution in [2.75, 3.05) is 19.6 Å². The lowest BCUT2D eigenvalue weighted by Crippen LogP contribution is -2.44. The van der Waals surface area contributed by atoms with Crippen molar-refractivity contribution in [3.63, 3.8) is 0 Å². The summed E-state index contributed by atoms with van der Waals surface area (Å²) in [4.78, 5) is 15.2. The molecule has 0 aromatic carbocycles. The topological polar surface area (TPSA) is 65.5 Å². The van der Waals surface area contributed by atoms with Crippen LogP contribution in [0.5, 0.6) is 0 Å². The third kappa shape index (κ3) is 6.47. The van der Waals surface area contributed by atoms with E-state index in [1.165, 1.54) is 39.0 Å². The second-order valence-corrected chi connectivity index (χ2v) is 4.72. The van der Waals surface area contributed by atoms with Crippen molar-refractivity contribution in [3.8, 4) is 0 Å². The van der Waals surface area contributed by atoms with E-state index in [2.05, 4.69) is 27.9 Å². The number of nitrogens with zero attached hydrogens (tertiary/aromatic N) is 1. The van der Waals surface area contributed by atoms with E-state index in [0.717, 1.165) is 12.5 Å². The first kappa shape index (κ1) is 14.8. The number of hydrogen-bond acceptors (Lipinski definition) is 2. The predicted molar refractivity (Wildman–Crippen MR) is 74.7 cm³/mol. The van der Waals surface area contributed by atoms with Crippen LogP contribution >= 0.6 is 0 Å². The normalized spacial score (nSPS) is 17.3. The van der Waals surface area contributed by atoms with Gasteiger partial charge in [-0.05, 0) is 19.8 Å². The van der Waals surface area contributed by atoms with Crippen molar-refractivity contribution in [2.45, 2.75) is 52.0 Å². The van der Waals surface area contributed by atoms with E-state index < -0.39 is 0 Å². The standard InChI is InChI=1S/C13H26N4O/c1-3-14-13(16-10-9-15-11(2)18)17-12-7-5-4-6-8-12/h12H,3-10H2,1-2H3,(H,15,18)(H2,14,16,17). The summed E-state index contributed by atoms with van der Waals surface area (Å²) in [5.41, 5.74) is 0. The fourth-order valence-electron chi connectivity index (χ4n) is 2.16. The molecule has 104 valence electrons. The third-order valence-corrected chi connectivity index (χ3v) is 3.05. The van der Waals surface area contributed by atoms with Crippen molar-refractivity contribution < 1.29 is 4.79 Å².